The van der Waals surface area contributed by atoms with Crippen molar-refractivity contribution in [3.05, 3.63) is 95.1 Å². The highest BCUT2D eigenvalue weighted by molar-refractivity contribution is 9.10. The monoisotopic (exact) mass is 736 g/mol. The van der Waals surface area contributed by atoms with Crippen molar-refractivity contribution in [3.8, 4) is 17.4 Å². The lowest BCUT2D eigenvalue weighted by Gasteiger charge is -2.39. The number of halogens is 5. The number of aliphatic imine (C=N–C) groups is 1. The average molecular weight is 739 g/mol. The molecule has 0 saturated heterocycles. The Bertz CT molecular complexity index is 2010. The molecule has 1 spiro atoms. The van der Waals surface area contributed by atoms with Crippen LogP contribution in [0, 0.1) is 5.95 Å². The molecule has 2 N–H and O–H groups in total. The van der Waals surface area contributed by atoms with Crippen molar-refractivity contribution >= 4 is 83.0 Å². The molecular formula is C28H17Br2Cl2FN4O5. The van der Waals surface area contributed by atoms with Crippen LogP contribution in [0.5, 0.6) is 17.4 Å². The van der Waals surface area contributed by atoms with E-state index in [0.717, 1.165) is 20.1 Å². The number of rotatable bonds is 1. The first kappa shape index (κ1) is 28.7. The number of amidine groups is 1. The van der Waals surface area contributed by atoms with Crippen molar-refractivity contribution in [2.75, 3.05) is 13.7 Å². The number of benzene rings is 2. The molecular weight excluding hydrogens is 722 g/mol. The van der Waals surface area contributed by atoms with Crippen LogP contribution in [-0.2, 0) is 10.3 Å². The number of methoxy groups -OCH3 is 1. The molecule has 0 bridgehead atoms. The SMILES string of the molecule is COc1nc(Cl)cc2c1Oc1ccc(Br)cc1C21CCOC(N)=N1.O=c1c2cc(Br)ccc2oc2c(F)nc(Cl)cc12. The van der Waals surface area contributed by atoms with Gasteiger partial charge in [0.25, 0.3) is 17.8 Å². The minimum absolute atomic E-state index is 0.0816. The van der Waals surface area contributed by atoms with Crippen LogP contribution in [0.4, 0.5) is 4.39 Å². The standard InChI is InChI=1S/C16H13BrClN3O3.C12H4BrClFNO2/c1-22-14-13-10(7-12(18)20-14)16(4-5-23-15(19)21-16)9-6-8(17)2-3-11(9)24-13;13-5-1-2-8-6(3-5)10(17)7-4-9(14)16-12(15)11(7)18-8/h2-3,6-7H,4-5H2,1H3,(H2,19,21);1-4H. The first-order valence-corrected chi connectivity index (χ1v) is 14.5. The average Bonchev–Trinajstić information content (AvgIpc) is 2.95. The quantitative estimate of drug-likeness (QED) is 0.139. The number of hydrogen-bond acceptors (Lipinski definition) is 9. The first-order valence-electron chi connectivity index (χ1n) is 12.2. The largest absolute Gasteiger partial charge is 0.478 e. The Balaban J connectivity index is 0.000000157. The Labute approximate surface area is 263 Å². The van der Waals surface area contributed by atoms with Gasteiger partial charge in [-0.2, -0.15) is 9.37 Å². The third kappa shape index (κ3) is 4.96. The van der Waals surface area contributed by atoms with Gasteiger partial charge in [-0.1, -0.05) is 55.1 Å². The Morgan fingerprint density at radius 3 is 2.50 bits per heavy atom. The number of aromatic nitrogens is 2. The van der Waals surface area contributed by atoms with Crippen molar-refractivity contribution in [1.82, 2.24) is 9.97 Å². The van der Waals surface area contributed by atoms with Crippen LogP contribution >= 0.6 is 55.1 Å². The van der Waals surface area contributed by atoms with E-state index in [1.54, 1.807) is 24.3 Å². The first-order chi connectivity index (χ1) is 20.1. The van der Waals surface area contributed by atoms with Crippen LogP contribution in [0.15, 0.2) is 71.7 Å². The van der Waals surface area contributed by atoms with E-state index in [1.165, 1.54) is 13.2 Å². The second-order valence-electron chi connectivity index (χ2n) is 9.17. The summed E-state index contributed by atoms with van der Waals surface area (Å²) in [5.74, 6) is 0.590. The van der Waals surface area contributed by atoms with E-state index < -0.39 is 11.5 Å². The number of nitrogens with two attached hydrogens (primary N) is 1. The third-order valence-corrected chi connectivity index (χ3v) is 8.08. The predicted octanol–water partition coefficient (Wildman–Crippen LogP) is 7.49. The van der Waals surface area contributed by atoms with E-state index in [0.29, 0.717) is 46.5 Å². The second-order valence-corrected chi connectivity index (χ2v) is 11.8. The van der Waals surface area contributed by atoms with Crippen molar-refractivity contribution in [1.29, 1.82) is 0 Å². The van der Waals surface area contributed by atoms with Gasteiger partial charge in [0.2, 0.25) is 5.43 Å². The van der Waals surface area contributed by atoms with E-state index in [2.05, 4.69) is 46.8 Å². The number of ether oxygens (including phenoxy) is 3. The van der Waals surface area contributed by atoms with Gasteiger partial charge in [0.1, 0.15) is 27.2 Å². The van der Waals surface area contributed by atoms with E-state index in [1.807, 2.05) is 18.2 Å². The molecule has 2 aliphatic rings. The summed E-state index contributed by atoms with van der Waals surface area (Å²) in [4.78, 5) is 24.5. The zero-order valence-corrected chi connectivity index (χ0v) is 26.1. The molecule has 14 heteroatoms. The van der Waals surface area contributed by atoms with Crippen LogP contribution < -0.4 is 20.6 Å². The smallest absolute Gasteiger partial charge is 0.283 e. The summed E-state index contributed by atoms with van der Waals surface area (Å²) in [5.41, 5.74) is 6.58. The van der Waals surface area contributed by atoms with E-state index in [4.69, 9.17) is 47.6 Å². The summed E-state index contributed by atoms with van der Waals surface area (Å²) in [6.45, 7) is 0.434. The molecule has 42 heavy (non-hydrogen) atoms. The Kier molecular flexibility index (Phi) is 7.50. The van der Waals surface area contributed by atoms with Gasteiger partial charge >= 0.3 is 0 Å². The number of hydrogen-bond donors (Lipinski definition) is 1. The fraction of sp³-hybridized carbons (Fsp3) is 0.143. The lowest BCUT2D eigenvalue weighted by molar-refractivity contribution is 0.217. The Hall–Kier alpha value is -3.45. The maximum atomic E-state index is 13.6. The van der Waals surface area contributed by atoms with E-state index in [9.17, 15) is 9.18 Å². The summed E-state index contributed by atoms with van der Waals surface area (Å²) < 4.78 is 37.4. The van der Waals surface area contributed by atoms with Crippen molar-refractivity contribution in [2.45, 2.75) is 12.0 Å². The topological polar surface area (TPSA) is 122 Å². The summed E-state index contributed by atoms with van der Waals surface area (Å²) in [6.07, 6.45) is 0.594. The highest BCUT2D eigenvalue weighted by Gasteiger charge is 2.46. The highest BCUT2D eigenvalue weighted by atomic mass is 79.9. The fourth-order valence-electron chi connectivity index (χ4n) is 4.92. The van der Waals surface area contributed by atoms with Gasteiger partial charge in [-0.25, -0.2) is 9.98 Å². The zero-order valence-electron chi connectivity index (χ0n) is 21.4. The van der Waals surface area contributed by atoms with E-state index >= 15 is 0 Å². The molecule has 0 amide bonds. The molecule has 3 aromatic heterocycles. The van der Waals surface area contributed by atoms with E-state index in [-0.39, 0.29) is 27.6 Å². The highest BCUT2D eigenvalue weighted by Crippen LogP contribution is 2.55. The maximum absolute atomic E-state index is 13.6. The molecule has 0 aliphatic carbocycles. The van der Waals surface area contributed by atoms with Crippen LogP contribution in [0.3, 0.4) is 0 Å². The molecule has 1 unspecified atom stereocenters. The second kappa shape index (κ2) is 11.0. The van der Waals surface area contributed by atoms with Crippen LogP contribution in [0.25, 0.3) is 21.9 Å². The van der Waals surface area contributed by atoms with Crippen molar-refractivity contribution in [2.24, 2.45) is 10.7 Å². The number of pyridine rings is 2. The third-order valence-electron chi connectivity index (χ3n) is 6.71. The molecule has 0 radical (unpaired) electrons. The molecule has 0 fully saturated rings. The molecule has 5 aromatic rings. The van der Waals surface area contributed by atoms with Gasteiger partial charge in [-0.3, -0.25) is 4.79 Å². The van der Waals surface area contributed by atoms with Gasteiger partial charge in [-0.15, -0.1) is 0 Å². The fourth-order valence-corrected chi connectivity index (χ4v) is 6.02. The van der Waals surface area contributed by atoms with Crippen molar-refractivity contribution in [3.63, 3.8) is 0 Å². The number of fused-ring (bicyclic) bond motifs is 6. The summed E-state index contributed by atoms with van der Waals surface area (Å²) in [5, 5.41) is 0.658. The van der Waals surface area contributed by atoms with Gasteiger partial charge in [0.15, 0.2) is 11.3 Å². The van der Waals surface area contributed by atoms with Crippen molar-refractivity contribution < 1.29 is 23.0 Å². The summed E-state index contributed by atoms with van der Waals surface area (Å²) >= 11 is 18.6. The van der Waals surface area contributed by atoms with Gasteiger partial charge in [0, 0.05) is 26.5 Å². The minimum Gasteiger partial charge on any atom is -0.478 e. The Morgan fingerprint density at radius 1 is 1.00 bits per heavy atom. The molecule has 214 valence electrons. The molecule has 1 atom stereocenters. The maximum Gasteiger partial charge on any atom is 0.283 e. The molecule has 2 aliphatic heterocycles. The van der Waals surface area contributed by atoms with Gasteiger partial charge in [0.05, 0.1) is 24.5 Å². The minimum atomic E-state index is -0.889. The van der Waals surface area contributed by atoms with Crippen LogP contribution in [0.1, 0.15) is 17.5 Å². The van der Waals surface area contributed by atoms with Gasteiger partial charge < -0.3 is 24.4 Å². The molecule has 7 rings (SSSR count). The molecule has 9 nitrogen and oxygen atoms in total. The molecule has 2 aromatic carbocycles. The molecule has 5 heterocycles. The van der Waals surface area contributed by atoms with Gasteiger partial charge in [-0.05, 0) is 48.5 Å². The zero-order chi connectivity index (χ0) is 29.8. The summed E-state index contributed by atoms with van der Waals surface area (Å²) in [7, 11) is 1.52. The lowest BCUT2D eigenvalue weighted by atomic mass is 9.78. The van der Waals surface area contributed by atoms with Crippen LogP contribution in [-0.4, -0.2) is 29.7 Å². The summed E-state index contributed by atoms with van der Waals surface area (Å²) in [6, 6.07) is 13.8. The Morgan fingerprint density at radius 2 is 1.74 bits per heavy atom. The molecule has 0 saturated carbocycles. The predicted molar refractivity (Wildman–Crippen MR) is 163 cm³/mol. The normalized spacial score (nSPS) is 17.0. The number of nitrogens with zero attached hydrogens (tertiary/aromatic N) is 3. The lowest BCUT2D eigenvalue weighted by Crippen LogP contribution is -2.38. The van der Waals surface area contributed by atoms with Crippen LogP contribution in [0.2, 0.25) is 10.3 Å².